The summed E-state index contributed by atoms with van der Waals surface area (Å²) in [6.45, 7) is 0.677. The summed E-state index contributed by atoms with van der Waals surface area (Å²) in [5.41, 5.74) is 4.07. The van der Waals surface area contributed by atoms with Gasteiger partial charge in [-0.05, 0) is 29.7 Å². The molecule has 0 atom stereocenters. The molecule has 1 N–H and O–H groups in total. The van der Waals surface area contributed by atoms with Crippen molar-refractivity contribution in [2.45, 2.75) is 12.6 Å². The Labute approximate surface area is 171 Å². The Morgan fingerprint density at radius 2 is 1.40 bits per heavy atom. The summed E-state index contributed by atoms with van der Waals surface area (Å²) >= 11 is 0. The molecule has 3 nitrogen and oxygen atoms in total. The fourth-order valence-electron chi connectivity index (χ4n) is 3.93. The maximum Gasteiger partial charge on any atom is 0.418 e. The van der Waals surface area contributed by atoms with Crippen LogP contribution in [0.5, 0.6) is 0 Å². The monoisotopic (exact) mass is 405 g/mol. The number of fused-ring (bicyclic) bond motifs is 1. The second-order valence-corrected chi connectivity index (χ2v) is 7.22. The quantitative estimate of drug-likeness (QED) is 0.440. The molecule has 0 fully saturated rings. The first kappa shape index (κ1) is 18.5. The first-order valence-electron chi connectivity index (χ1n) is 9.70. The van der Waals surface area contributed by atoms with Crippen LogP contribution in [0.2, 0.25) is 0 Å². The Kier molecular flexibility index (Phi) is 4.35. The Bertz CT molecular complexity index is 1190. The molecule has 6 heteroatoms. The molecule has 1 aromatic heterocycles. The van der Waals surface area contributed by atoms with Gasteiger partial charge < -0.3 is 5.32 Å². The minimum atomic E-state index is -4.45. The highest BCUT2D eigenvalue weighted by molar-refractivity contribution is 5.75. The molecule has 3 aromatic carbocycles. The van der Waals surface area contributed by atoms with Crippen LogP contribution in [-0.2, 0) is 12.6 Å². The predicted molar refractivity (Wildman–Crippen MR) is 112 cm³/mol. The molecule has 0 amide bonds. The molecule has 0 radical (unpaired) electrons. The Morgan fingerprint density at radius 3 is 2.13 bits per heavy atom. The number of hydrogen-bond acceptors (Lipinski definition) is 2. The molecule has 5 rings (SSSR count). The first-order valence-corrected chi connectivity index (χ1v) is 9.70. The number of rotatable bonds is 3. The summed E-state index contributed by atoms with van der Waals surface area (Å²) in [7, 11) is 0. The molecule has 4 aromatic rings. The van der Waals surface area contributed by atoms with Gasteiger partial charge in [0.2, 0.25) is 0 Å². The van der Waals surface area contributed by atoms with Gasteiger partial charge in [0.05, 0.1) is 16.9 Å². The topological polar surface area (TPSA) is 29.9 Å². The third-order valence-electron chi connectivity index (χ3n) is 5.35. The van der Waals surface area contributed by atoms with E-state index in [1.54, 1.807) is 6.07 Å². The van der Waals surface area contributed by atoms with Crippen molar-refractivity contribution in [1.29, 1.82) is 0 Å². The molecule has 0 aliphatic carbocycles. The van der Waals surface area contributed by atoms with Crippen LogP contribution < -0.4 is 5.32 Å². The van der Waals surface area contributed by atoms with E-state index in [0.29, 0.717) is 18.1 Å². The van der Waals surface area contributed by atoms with E-state index in [1.807, 2.05) is 54.6 Å². The van der Waals surface area contributed by atoms with Gasteiger partial charge in [-0.3, -0.25) is 0 Å². The average molecular weight is 405 g/mol. The summed E-state index contributed by atoms with van der Waals surface area (Å²) in [6, 6.07) is 23.6. The summed E-state index contributed by atoms with van der Waals surface area (Å²) < 4.78 is 42.1. The summed E-state index contributed by atoms with van der Waals surface area (Å²) in [5.74, 6) is 0.633. The van der Waals surface area contributed by atoms with Crippen molar-refractivity contribution in [2.75, 3.05) is 11.9 Å². The van der Waals surface area contributed by atoms with Gasteiger partial charge in [0.25, 0.3) is 0 Å². The van der Waals surface area contributed by atoms with Crippen molar-refractivity contribution in [1.82, 2.24) is 9.78 Å². The Hall–Kier alpha value is -3.54. The molecular formula is C24H18F3N3. The molecule has 1 aliphatic heterocycles. The van der Waals surface area contributed by atoms with Gasteiger partial charge in [-0.2, -0.15) is 18.3 Å². The Balaban J connectivity index is 1.60. The number of nitrogens with one attached hydrogen (secondary N) is 1. The van der Waals surface area contributed by atoms with Gasteiger partial charge in [-0.1, -0.05) is 66.7 Å². The number of alkyl halides is 3. The lowest BCUT2D eigenvalue weighted by Crippen LogP contribution is -2.13. The zero-order valence-electron chi connectivity index (χ0n) is 15.9. The Morgan fingerprint density at radius 1 is 0.767 bits per heavy atom. The number of hydrogen-bond donors (Lipinski definition) is 1. The fraction of sp³-hybridized carbons (Fsp3) is 0.125. The lowest BCUT2D eigenvalue weighted by molar-refractivity contribution is -0.137. The van der Waals surface area contributed by atoms with E-state index < -0.39 is 11.7 Å². The lowest BCUT2D eigenvalue weighted by Gasteiger charge is -2.14. The van der Waals surface area contributed by atoms with E-state index in [-0.39, 0.29) is 5.69 Å². The van der Waals surface area contributed by atoms with Crippen LogP contribution in [0.1, 0.15) is 11.1 Å². The van der Waals surface area contributed by atoms with Gasteiger partial charge in [-0.15, -0.1) is 0 Å². The van der Waals surface area contributed by atoms with E-state index in [4.69, 9.17) is 0 Å². The number of halogens is 3. The average Bonchev–Trinajstić information content (AvgIpc) is 3.37. The van der Waals surface area contributed by atoms with Crippen molar-refractivity contribution in [3.05, 3.63) is 90.0 Å². The van der Waals surface area contributed by atoms with Gasteiger partial charge in [0.1, 0.15) is 5.82 Å². The summed E-state index contributed by atoms with van der Waals surface area (Å²) in [5, 5.41) is 7.81. The summed E-state index contributed by atoms with van der Waals surface area (Å²) in [4.78, 5) is 0. The molecule has 2 heterocycles. The van der Waals surface area contributed by atoms with Crippen molar-refractivity contribution < 1.29 is 13.2 Å². The van der Waals surface area contributed by atoms with Crippen LogP contribution in [0.25, 0.3) is 28.1 Å². The number of para-hydroxylation sites is 1. The third kappa shape index (κ3) is 3.14. The molecule has 0 saturated heterocycles. The third-order valence-corrected chi connectivity index (χ3v) is 5.35. The number of anilines is 1. The van der Waals surface area contributed by atoms with Gasteiger partial charge in [0, 0.05) is 17.7 Å². The molecule has 0 unspecified atom stereocenters. The summed E-state index contributed by atoms with van der Waals surface area (Å²) in [6.07, 6.45) is -3.73. The highest BCUT2D eigenvalue weighted by Crippen LogP contribution is 2.39. The van der Waals surface area contributed by atoms with Crippen molar-refractivity contribution in [3.8, 4) is 28.1 Å². The van der Waals surface area contributed by atoms with Crippen molar-refractivity contribution in [2.24, 2.45) is 0 Å². The largest absolute Gasteiger partial charge is 0.418 e. The minimum absolute atomic E-state index is 0.0304. The first-order chi connectivity index (χ1) is 14.5. The molecule has 1 aliphatic rings. The maximum absolute atomic E-state index is 13.6. The minimum Gasteiger partial charge on any atom is -0.369 e. The highest BCUT2D eigenvalue weighted by Gasteiger charge is 2.35. The smallest absolute Gasteiger partial charge is 0.369 e. The second kappa shape index (κ2) is 7.06. The van der Waals surface area contributed by atoms with E-state index in [0.717, 1.165) is 34.7 Å². The number of nitrogens with zero attached hydrogens (tertiary/aromatic N) is 2. The SMILES string of the molecule is FC(F)(F)c1ccccc1-n1nc(-c2ccc(-c3ccccc3)cc2)c2c1NCC2. The van der Waals surface area contributed by atoms with Crippen LogP contribution in [0.4, 0.5) is 19.0 Å². The molecule has 0 saturated carbocycles. The van der Waals surface area contributed by atoms with Gasteiger partial charge in [0.15, 0.2) is 0 Å². The second-order valence-electron chi connectivity index (χ2n) is 7.22. The van der Waals surface area contributed by atoms with Crippen molar-refractivity contribution >= 4 is 5.82 Å². The van der Waals surface area contributed by atoms with Gasteiger partial charge in [-0.25, -0.2) is 4.68 Å². The zero-order chi connectivity index (χ0) is 20.7. The lowest BCUT2D eigenvalue weighted by atomic mass is 10.0. The van der Waals surface area contributed by atoms with E-state index in [9.17, 15) is 13.2 Å². The normalized spacial score (nSPS) is 13.2. The van der Waals surface area contributed by atoms with E-state index in [1.165, 1.54) is 16.8 Å². The van der Waals surface area contributed by atoms with E-state index >= 15 is 0 Å². The number of aromatic nitrogens is 2. The molecule has 0 spiro atoms. The maximum atomic E-state index is 13.6. The standard InChI is InChI=1S/C24H18F3N3/c25-24(26,27)20-8-4-5-9-21(20)30-23-19(14-15-28-23)22(29-30)18-12-10-17(11-13-18)16-6-2-1-3-7-16/h1-13,28H,14-15H2. The zero-order valence-corrected chi connectivity index (χ0v) is 15.9. The molecule has 30 heavy (non-hydrogen) atoms. The van der Waals surface area contributed by atoms with E-state index in [2.05, 4.69) is 10.4 Å². The van der Waals surface area contributed by atoms with Crippen molar-refractivity contribution in [3.63, 3.8) is 0 Å². The van der Waals surface area contributed by atoms with Crippen LogP contribution in [0, 0.1) is 0 Å². The highest BCUT2D eigenvalue weighted by atomic mass is 19.4. The van der Waals surface area contributed by atoms with Crippen LogP contribution in [-0.4, -0.2) is 16.3 Å². The van der Waals surface area contributed by atoms with Gasteiger partial charge >= 0.3 is 6.18 Å². The molecule has 150 valence electrons. The molecule has 0 bridgehead atoms. The van der Waals surface area contributed by atoms with Crippen LogP contribution in [0.3, 0.4) is 0 Å². The predicted octanol–water partition coefficient (Wildman–Crippen LogP) is 6.19. The molecular weight excluding hydrogens is 387 g/mol. The fourth-order valence-corrected chi connectivity index (χ4v) is 3.93. The number of benzene rings is 3. The van der Waals surface area contributed by atoms with Crippen LogP contribution >= 0.6 is 0 Å². The van der Waals surface area contributed by atoms with Crippen LogP contribution in [0.15, 0.2) is 78.9 Å².